The van der Waals surface area contributed by atoms with Gasteiger partial charge in [-0.25, -0.2) is 0 Å². The van der Waals surface area contributed by atoms with Crippen LogP contribution >= 0.6 is 11.6 Å². The highest BCUT2D eigenvalue weighted by Crippen LogP contribution is 2.55. The molecule has 45 heavy (non-hydrogen) atoms. The van der Waals surface area contributed by atoms with E-state index >= 15 is 0 Å². The van der Waals surface area contributed by atoms with Gasteiger partial charge in [-0.1, -0.05) is 63.9 Å². The van der Waals surface area contributed by atoms with Crippen LogP contribution in [0.5, 0.6) is 11.5 Å². The maximum Gasteiger partial charge on any atom is 0.262 e. The number of hydrogen-bond donors (Lipinski definition) is 1. The lowest BCUT2D eigenvalue weighted by molar-refractivity contribution is -0.120. The molecule has 2 aliphatic carbocycles. The summed E-state index contributed by atoms with van der Waals surface area (Å²) in [5.74, 6) is -0.125. The third-order valence-corrected chi connectivity index (χ3v) is 9.10. The standard InChI is InChI=1S/C37H45ClN2O5/c1-8-14-40-26-17-36(4,5)19-28(41)33(26)32(34-27(40)18-37(6,7)20-29(34)42)23-15-25(38)35(30(16-23)44-9-2)45-21-31(43)39-24-12-10-22(3)11-13-24/h10-13,15-16,32H,8-9,14,17-21H2,1-7H3,(H,39,43). The molecule has 0 unspecified atom stereocenters. The smallest absolute Gasteiger partial charge is 0.262 e. The zero-order chi connectivity index (χ0) is 32.7. The molecular formula is C37H45ClN2O5. The summed E-state index contributed by atoms with van der Waals surface area (Å²) in [5.41, 5.74) is 5.54. The van der Waals surface area contributed by atoms with Crippen LogP contribution in [-0.2, 0) is 14.4 Å². The van der Waals surface area contributed by atoms with Crippen molar-refractivity contribution >= 4 is 34.8 Å². The van der Waals surface area contributed by atoms with Crippen molar-refractivity contribution in [3.8, 4) is 11.5 Å². The molecule has 5 rings (SSSR count). The first-order valence-corrected chi connectivity index (χ1v) is 16.4. The Labute approximate surface area is 272 Å². The average molecular weight is 633 g/mol. The monoisotopic (exact) mass is 632 g/mol. The number of rotatable bonds is 9. The minimum atomic E-state index is -0.550. The first-order valence-electron chi connectivity index (χ1n) is 16.0. The van der Waals surface area contributed by atoms with Gasteiger partial charge in [-0.05, 0) is 73.8 Å². The molecule has 0 atom stereocenters. The second-order valence-corrected chi connectivity index (χ2v) is 14.6. The van der Waals surface area contributed by atoms with Crippen molar-refractivity contribution in [3.05, 3.63) is 75.1 Å². The van der Waals surface area contributed by atoms with E-state index in [1.165, 1.54) is 0 Å². The van der Waals surface area contributed by atoms with E-state index < -0.39 is 5.92 Å². The Balaban J connectivity index is 1.57. The summed E-state index contributed by atoms with van der Waals surface area (Å²) < 4.78 is 12.0. The van der Waals surface area contributed by atoms with E-state index in [-0.39, 0.29) is 45.7 Å². The fourth-order valence-corrected chi connectivity index (χ4v) is 7.28. The number of hydrogen-bond acceptors (Lipinski definition) is 6. The van der Waals surface area contributed by atoms with Crippen LogP contribution in [0.4, 0.5) is 5.69 Å². The van der Waals surface area contributed by atoms with Gasteiger partial charge in [0.05, 0.1) is 11.6 Å². The average Bonchev–Trinajstić information content (AvgIpc) is 2.93. The number of carbonyl (C=O) groups is 3. The van der Waals surface area contributed by atoms with Gasteiger partial charge < -0.3 is 19.7 Å². The van der Waals surface area contributed by atoms with Crippen molar-refractivity contribution in [2.45, 2.75) is 86.5 Å². The Morgan fingerprint density at radius 1 is 0.911 bits per heavy atom. The second kappa shape index (κ2) is 12.7. The van der Waals surface area contributed by atoms with Gasteiger partial charge in [0.15, 0.2) is 29.7 Å². The van der Waals surface area contributed by atoms with E-state index in [1.54, 1.807) is 6.07 Å². The largest absolute Gasteiger partial charge is 0.490 e. The highest BCUT2D eigenvalue weighted by Gasteiger charge is 2.49. The molecule has 0 fully saturated rings. The van der Waals surface area contributed by atoms with E-state index in [0.717, 1.165) is 48.3 Å². The van der Waals surface area contributed by atoms with Crippen LogP contribution < -0.4 is 14.8 Å². The number of ketones is 2. The van der Waals surface area contributed by atoms with Crippen LogP contribution in [0, 0.1) is 17.8 Å². The van der Waals surface area contributed by atoms with Crippen molar-refractivity contribution in [3.63, 3.8) is 0 Å². The molecule has 0 saturated heterocycles. The van der Waals surface area contributed by atoms with Crippen LogP contribution in [0.2, 0.25) is 5.02 Å². The summed E-state index contributed by atoms with van der Waals surface area (Å²) >= 11 is 6.89. The van der Waals surface area contributed by atoms with Gasteiger partial charge in [-0.15, -0.1) is 0 Å². The van der Waals surface area contributed by atoms with E-state index in [2.05, 4.69) is 44.8 Å². The minimum Gasteiger partial charge on any atom is -0.490 e. The molecular weight excluding hydrogens is 588 g/mol. The maximum absolute atomic E-state index is 14.0. The lowest BCUT2D eigenvalue weighted by Crippen LogP contribution is -2.44. The Kier molecular flexibility index (Phi) is 9.23. The molecule has 0 saturated carbocycles. The highest BCUT2D eigenvalue weighted by atomic mass is 35.5. The summed E-state index contributed by atoms with van der Waals surface area (Å²) in [6.07, 6.45) is 3.21. The number of Topliss-reactive ketones (excluding diaryl/α,β-unsaturated/α-hetero) is 2. The van der Waals surface area contributed by atoms with Gasteiger partial charge in [0.2, 0.25) is 0 Å². The SMILES string of the molecule is CCCN1C2=C(C(=O)CC(C)(C)C2)C(c2cc(Cl)c(OCC(=O)Nc3ccc(C)cc3)c(OCC)c2)C2=C1CC(C)(C)CC2=O. The molecule has 0 radical (unpaired) electrons. The van der Waals surface area contributed by atoms with Crippen molar-refractivity contribution in [1.29, 1.82) is 0 Å². The molecule has 240 valence electrons. The number of aryl methyl sites for hydroxylation is 1. The third kappa shape index (κ3) is 6.84. The Morgan fingerprint density at radius 3 is 2.02 bits per heavy atom. The van der Waals surface area contributed by atoms with Gasteiger partial charge in [-0.3, -0.25) is 14.4 Å². The predicted molar refractivity (Wildman–Crippen MR) is 178 cm³/mol. The summed E-state index contributed by atoms with van der Waals surface area (Å²) in [6.45, 7) is 15.3. The van der Waals surface area contributed by atoms with Crippen molar-refractivity contribution in [2.75, 3.05) is 25.1 Å². The lowest BCUT2D eigenvalue weighted by atomic mass is 9.63. The summed E-state index contributed by atoms with van der Waals surface area (Å²) in [6, 6.07) is 11.1. The number of amides is 1. The van der Waals surface area contributed by atoms with Gasteiger partial charge in [0.25, 0.3) is 5.91 Å². The summed E-state index contributed by atoms with van der Waals surface area (Å²) in [5, 5.41) is 3.09. The molecule has 1 N–H and O–H groups in total. The molecule has 7 nitrogen and oxygen atoms in total. The first kappa shape index (κ1) is 32.8. The number of ether oxygens (including phenoxy) is 2. The Morgan fingerprint density at radius 2 is 1.49 bits per heavy atom. The molecule has 1 amide bonds. The van der Waals surface area contributed by atoms with Crippen LogP contribution in [0.3, 0.4) is 0 Å². The normalized spacial score (nSPS) is 19.3. The van der Waals surface area contributed by atoms with Crippen LogP contribution in [0.1, 0.15) is 90.7 Å². The van der Waals surface area contributed by atoms with Gasteiger partial charge in [0.1, 0.15) is 0 Å². The van der Waals surface area contributed by atoms with Crippen molar-refractivity contribution < 1.29 is 23.9 Å². The molecule has 1 aliphatic heterocycles. The molecule has 1 heterocycles. The predicted octanol–water partition coefficient (Wildman–Crippen LogP) is 8.16. The molecule has 0 aromatic heterocycles. The zero-order valence-electron chi connectivity index (χ0n) is 27.6. The van der Waals surface area contributed by atoms with E-state index in [9.17, 15) is 14.4 Å². The van der Waals surface area contributed by atoms with Gasteiger partial charge in [0, 0.05) is 53.5 Å². The lowest BCUT2D eigenvalue weighted by Gasteiger charge is -2.49. The summed E-state index contributed by atoms with van der Waals surface area (Å²) in [4.78, 5) is 43.1. The van der Waals surface area contributed by atoms with Gasteiger partial charge >= 0.3 is 0 Å². The van der Waals surface area contributed by atoms with E-state index in [0.29, 0.717) is 42.0 Å². The Hall–Kier alpha value is -3.58. The van der Waals surface area contributed by atoms with Crippen molar-refractivity contribution in [1.82, 2.24) is 4.90 Å². The molecule has 2 aromatic rings. The number of halogens is 1. The third-order valence-electron chi connectivity index (χ3n) is 8.82. The van der Waals surface area contributed by atoms with E-state index in [1.807, 2.05) is 44.2 Å². The number of benzene rings is 2. The second-order valence-electron chi connectivity index (χ2n) is 14.2. The topological polar surface area (TPSA) is 84.9 Å². The number of carbonyl (C=O) groups excluding carboxylic acids is 3. The fourth-order valence-electron chi connectivity index (χ4n) is 7.00. The molecule has 0 spiro atoms. The molecule has 8 heteroatoms. The Bertz CT molecular complexity index is 1530. The van der Waals surface area contributed by atoms with Crippen molar-refractivity contribution in [2.24, 2.45) is 10.8 Å². The van der Waals surface area contributed by atoms with Crippen LogP contribution in [-0.4, -0.2) is 42.1 Å². The molecule has 2 aromatic carbocycles. The number of nitrogens with zero attached hydrogens (tertiary/aromatic N) is 1. The van der Waals surface area contributed by atoms with Gasteiger partial charge in [-0.2, -0.15) is 0 Å². The number of anilines is 1. The highest BCUT2D eigenvalue weighted by molar-refractivity contribution is 6.32. The van der Waals surface area contributed by atoms with E-state index in [4.69, 9.17) is 21.1 Å². The summed E-state index contributed by atoms with van der Waals surface area (Å²) in [7, 11) is 0. The number of allylic oxidation sites excluding steroid dienone is 4. The first-order chi connectivity index (χ1) is 21.2. The maximum atomic E-state index is 14.0. The number of nitrogens with one attached hydrogen (secondary N) is 1. The molecule has 3 aliphatic rings. The quantitative estimate of drug-likeness (QED) is 0.300. The zero-order valence-corrected chi connectivity index (χ0v) is 28.3. The van der Waals surface area contributed by atoms with Crippen LogP contribution in [0.15, 0.2) is 58.9 Å². The fraction of sp³-hybridized carbons (Fsp3) is 0.486. The minimum absolute atomic E-state index is 0.0683. The van der Waals surface area contributed by atoms with Crippen LogP contribution in [0.25, 0.3) is 0 Å². The molecule has 0 bridgehead atoms.